The third-order valence-corrected chi connectivity index (χ3v) is 3.28. The zero-order chi connectivity index (χ0) is 10.8. The smallest absolute Gasteiger partial charge is 0.0893 e. The Morgan fingerprint density at radius 2 is 1.87 bits per heavy atom. The zero-order valence-electron chi connectivity index (χ0n) is 9.68. The highest BCUT2D eigenvalue weighted by Gasteiger charge is 2.37. The standard InChI is InChI=1S/C13H19NO/c1-10(14(2)3)13(12-9-15-12)11-7-5-4-6-8-11/h4-8,10,12-13H,9H2,1-3H3/t10-,12-,13+/m0/s1. The monoisotopic (exact) mass is 205 g/mol. The molecule has 2 rings (SSSR count). The first-order valence-electron chi connectivity index (χ1n) is 5.53. The summed E-state index contributed by atoms with van der Waals surface area (Å²) in [5, 5.41) is 0. The minimum absolute atomic E-state index is 0.421. The lowest BCUT2D eigenvalue weighted by Crippen LogP contribution is -2.33. The van der Waals surface area contributed by atoms with Crippen LogP contribution >= 0.6 is 0 Å². The number of nitrogens with zero attached hydrogens (tertiary/aromatic N) is 1. The molecule has 1 aromatic rings. The highest BCUT2D eigenvalue weighted by molar-refractivity contribution is 5.23. The number of hydrogen-bond acceptors (Lipinski definition) is 2. The van der Waals surface area contributed by atoms with E-state index in [4.69, 9.17) is 4.74 Å². The summed E-state index contributed by atoms with van der Waals surface area (Å²) in [6, 6.07) is 11.2. The second kappa shape index (κ2) is 4.33. The van der Waals surface area contributed by atoms with Gasteiger partial charge in [-0.25, -0.2) is 0 Å². The molecule has 0 spiro atoms. The summed E-state index contributed by atoms with van der Waals surface area (Å²) in [7, 11) is 4.26. The molecule has 2 nitrogen and oxygen atoms in total. The van der Waals surface area contributed by atoms with Gasteiger partial charge in [-0.3, -0.25) is 0 Å². The number of likely N-dealkylation sites (N-methyl/N-ethyl adjacent to an activating group) is 1. The molecule has 0 amide bonds. The van der Waals surface area contributed by atoms with Crippen LogP contribution < -0.4 is 0 Å². The van der Waals surface area contributed by atoms with Gasteiger partial charge in [-0.2, -0.15) is 0 Å². The maximum Gasteiger partial charge on any atom is 0.0893 e. The molecule has 0 N–H and O–H groups in total. The SMILES string of the molecule is C[C@@H]([C@H](c1ccccc1)[C@@H]1CO1)N(C)C. The summed E-state index contributed by atoms with van der Waals surface area (Å²) in [4.78, 5) is 2.26. The molecule has 1 saturated heterocycles. The van der Waals surface area contributed by atoms with E-state index in [2.05, 4.69) is 56.3 Å². The average Bonchev–Trinajstić information content (AvgIpc) is 3.04. The molecule has 1 aliphatic heterocycles. The third kappa shape index (κ3) is 2.39. The van der Waals surface area contributed by atoms with E-state index >= 15 is 0 Å². The molecule has 0 aliphatic carbocycles. The molecule has 1 aliphatic rings. The Bertz CT molecular complexity index is 306. The largest absolute Gasteiger partial charge is 0.372 e. The van der Waals surface area contributed by atoms with Crippen LogP contribution in [0, 0.1) is 0 Å². The van der Waals surface area contributed by atoms with Crippen LogP contribution in [0.2, 0.25) is 0 Å². The number of ether oxygens (including phenoxy) is 1. The van der Waals surface area contributed by atoms with E-state index in [9.17, 15) is 0 Å². The van der Waals surface area contributed by atoms with Crippen LogP contribution in [-0.2, 0) is 4.74 Å². The van der Waals surface area contributed by atoms with Crippen LogP contribution in [0.3, 0.4) is 0 Å². The third-order valence-electron chi connectivity index (χ3n) is 3.28. The van der Waals surface area contributed by atoms with Crippen LogP contribution in [0.5, 0.6) is 0 Å². The molecule has 0 unspecified atom stereocenters. The van der Waals surface area contributed by atoms with E-state index in [1.807, 2.05) is 0 Å². The zero-order valence-corrected chi connectivity index (χ0v) is 9.68. The summed E-state index contributed by atoms with van der Waals surface area (Å²) in [5.74, 6) is 0.501. The van der Waals surface area contributed by atoms with Crippen molar-refractivity contribution >= 4 is 0 Å². The first-order chi connectivity index (χ1) is 7.20. The molecular weight excluding hydrogens is 186 g/mol. The van der Waals surface area contributed by atoms with Crippen LogP contribution in [0.1, 0.15) is 18.4 Å². The Morgan fingerprint density at radius 3 is 2.33 bits per heavy atom. The van der Waals surface area contributed by atoms with Gasteiger partial charge >= 0.3 is 0 Å². The quantitative estimate of drug-likeness (QED) is 0.700. The lowest BCUT2D eigenvalue weighted by Gasteiger charge is -2.28. The number of hydrogen-bond donors (Lipinski definition) is 0. The van der Waals surface area contributed by atoms with E-state index in [1.54, 1.807) is 0 Å². The molecule has 15 heavy (non-hydrogen) atoms. The molecule has 0 radical (unpaired) electrons. The number of rotatable bonds is 4. The highest BCUT2D eigenvalue weighted by Crippen LogP contribution is 2.34. The molecular formula is C13H19NO. The summed E-state index contributed by atoms with van der Waals surface area (Å²) < 4.78 is 5.47. The topological polar surface area (TPSA) is 15.8 Å². The van der Waals surface area contributed by atoms with Crippen molar-refractivity contribution in [1.82, 2.24) is 4.90 Å². The average molecular weight is 205 g/mol. The molecule has 1 aromatic carbocycles. The van der Waals surface area contributed by atoms with Crippen molar-refractivity contribution in [2.75, 3.05) is 20.7 Å². The molecule has 0 saturated carbocycles. The maximum absolute atomic E-state index is 5.47. The fourth-order valence-electron chi connectivity index (χ4n) is 2.06. The van der Waals surface area contributed by atoms with Crippen LogP contribution in [0.15, 0.2) is 30.3 Å². The van der Waals surface area contributed by atoms with Crippen molar-refractivity contribution in [3.05, 3.63) is 35.9 Å². The van der Waals surface area contributed by atoms with E-state index in [0.29, 0.717) is 18.1 Å². The predicted octanol–water partition coefficient (Wildman–Crippen LogP) is 2.12. The normalized spacial score (nSPS) is 23.9. The van der Waals surface area contributed by atoms with Gasteiger partial charge in [-0.1, -0.05) is 30.3 Å². The fraction of sp³-hybridized carbons (Fsp3) is 0.538. The van der Waals surface area contributed by atoms with Gasteiger partial charge < -0.3 is 9.64 Å². The Hall–Kier alpha value is -0.860. The van der Waals surface area contributed by atoms with E-state index < -0.39 is 0 Å². The van der Waals surface area contributed by atoms with Crippen molar-refractivity contribution < 1.29 is 4.74 Å². The first kappa shape index (κ1) is 10.7. The van der Waals surface area contributed by atoms with Crippen molar-refractivity contribution in [3.8, 4) is 0 Å². The van der Waals surface area contributed by atoms with Gasteiger partial charge in [0.05, 0.1) is 12.7 Å². The minimum atomic E-state index is 0.421. The van der Waals surface area contributed by atoms with E-state index in [1.165, 1.54) is 5.56 Å². The van der Waals surface area contributed by atoms with Crippen molar-refractivity contribution in [2.45, 2.75) is 25.0 Å². The van der Waals surface area contributed by atoms with Gasteiger partial charge in [-0.15, -0.1) is 0 Å². The molecule has 2 heteroatoms. The fourth-order valence-corrected chi connectivity index (χ4v) is 2.06. The van der Waals surface area contributed by atoms with Crippen molar-refractivity contribution in [1.29, 1.82) is 0 Å². The van der Waals surface area contributed by atoms with Gasteiger partial charge in [0, 0.05) is 12.0 Å². The van der Waals surface area contributed by atoms with Gasteiger partial charge in [0.1, 0.15) is 0 Å². The Labute approximate surface area is 91.9 Å². The van der Waals surface area contributed by atoms with Gasteiger partial charge in [0.15, 0.2) is 0 Å². The van der Waals surface area contributed by atoms with Crippen molar-refractivity contribution in [3.63, 3.8) is 0 Å². The lowest BCUT2D eigenvalue weighted by atomic mass is 9.89. The lowest BCUT2D eigenvalue weighted by molar-refractivity contribution is 0.236. The van der Waals surface area contributed by atoms with Crippen LogP contribution in [0.25, 0.3) is 0 Å². The summed E-state index contributed by atoms with van der Waals surface area (Å²) >= 11 is 0. The van der Waals surface area contributed by atoms with Gasteiger partial charge in [0.25, 0.3) is 0 Å². The second-order valence-electron chi connectivity index (χ2n) is 4.51. The van der Waals surface area contributed by atoms with Gasteiger partial charge in [-0.05, 0) is 26.6 Å². The summed E-state index contributed by atoms with van der Waals surface area (Å²) in [6.45, 7) is 3.18. The van der Waals surface area contributed by atoms with Gasteiger partial charge in [0.2, 0.25) is 0 Å². The number of benzene rings is 1. The first-order valence-corrected chi connectivity index (χ1v) is 5.53. The Morgan fingerprint density at radius 1 is 1.27 bits per heavy atom. The van der Waals surface area contributed by atoms with E-state index in [-0.39, 0.29) is 0 Å². The highest BCUT2D eigenvalue weighted by atomic mass is 16.6. The summed E-state index contributed by atoms with van der Waals surface area (Å²) in [5.41, 5.74) is 1.39. The Kier molecular flexibility index (Phi) is 3.08. The molecule has 82 valence electrons. The van der Waals surface area contributed by atoms with Crippen LogP contribution in [-0.4, -0.2) is 37.7 Å². The molecule has 1 heterocycles. The van der Waals surface area contributed by atoms with Crippen LogP contribution in [0.4, 0.5) is 0 Å². The molecule has 0 bridgehead atoms. The molecule has 1 fully saturated rings. The second-order valence-corrected chi connectivity index (χ2v) is 4.51. The van der Waals surface area contributed by atoms with E-state index in [0.717, 1.165) is 6.61 Å². The Balaban J connectivity index is 2.20. The summed E-state index contributed by atoms with van der Waals surface area (Å²) in [6.07, 6.45) is 0.421. The minimum Gasteiger partial charge on any atom is -0.372 e. The predicted molar refractivity (Wildman–Crippen MR) is 62.1 cm³/mol. The number of epoxide rings is 1. The maximum atomic E-state index is 5.47. The molecule has 3 atom stereocenters. The van der Waals surface area contributed by atoms with Crippen molar-refractivity contribution in [2.24, 2.45) is 0 Å². The molecule has 0 aromatic heterocycles.